The van der Waals surface area contributed by atoms with Gasteiger partial charge in [-0.1, -0.05) is 12.1 Å². The third kappa shape index (κ3) is 3.24. The van der Waals surface area contributed by atoms with Crippen molar-refractivity contribution in [1.82, 2.24) is 9.78 Å². The molecule has 2 aromatic rings. The number of ether oxygens (including phenoxy) is 1. The fraction of sp³-hybridized carbons (Fsp3) is 0.375. The molecule has 1 aliphatic carbocycles. The minimum absolute atomic E-state index is 0.0373. The predicted molar refractivity (Wildman–Crippen MR) is 78.3 cm³/mol. The molecule has 0 spiro atoms. The van der Waals surface area contributed by atoms with Crippen LogP contribution in [0.2, 0.25) is 0 Å². The van der Waals surface area contributed by atoms with Gasteiger partial charge < -0.3 is 9.84 Å². The van der Waals surface area contributed by atoms with Gasteiger partial charge in [0.05, 0.1) is 19.7 Å². The lowest BCUT2D eigenvalue weighted by Gasteiger charge is -2.08. The van der Waals surface area contributed by atoms with Gasteiger partial charge in [0.25, 0.3) is 0 Å². The number of hydrogen-bond acceptors (Lipinski definition) is 3. The van der Waals surface area contributed by atoms with Gasteiger partial charge in [-0.3, -0.25) is 9.48 Å². The van der Waals surface area contributed by atoms with Crippen molar-refractivity contribution in [3.05, 3.63) is 36.2 Å². The predicted octanol–water partition coefficient (Wildman–Crippen LogP) is 2.60. The molecule has 21 heavy (non-hydrogen) atoms. The molecule has 0 atom stereocenters. The van der Waals surface area contributed by atoms with E-state index in [1.54, 1.807) is 13.2 Å². The molecule has 3 rings (SSSR count). The molecule has 1 aromatic carbocycles. The van der Waals surface area contributed by atoms with Crippen molar-refractivity contribution in [3.63, 3.8) is 0 Å². The number of nitrogens with zero attached hydrogens (tertiary/aromatic N) is 2. The van der Waals surface area contributed by atoms with Crippen LogP contribution in [0.15, 0.2) is 30.6 Å². The Hall–Kier alpha value is -2.30. The third-order valence-electron chi connectivity index (χ3n) is 3.74. The van der Waals surface area contributed by atoms with E-state index in [1.807, 2.05) is 29.2 Å². The van der Waals surface area contributed by atoms with Crippen LogP contribution in [0, 0.1) is 5.92 Å². The summed E-state index contributed by atoms with van der Waals surface area (Å²) in [6.07, 6.45) is 6.43. The Labute approximate surface area is 123 Å². The molecule has 1 heterocycles. The minimum atomic E-state index is -0.863. The maximum absolute atomic E-state index is 10.8. The van der Waals surface area contributed by atoms with E-state index in [1.165, 1.54) is 12.8 Å². The van der Waals surface area contributed by atoms with Gasteiger partial charge >= 0.3 is 5.97 Å². The van der Waals surface area contributed by atoms with Crippen LogP contribution in [0.5, 0.6) is 5.75 Å². The highest BCUT2D eigenvalue weighted by Crippen LogP contribution is 2.31. The number of carbonyl (C=O) groups is 1. The van der Waals surface area contributed by atoms with E-state index in [0.29, 0.717) is 11.3 Å². The molecular formula is C16H18N2O3. The number of carboxylic acids is 1. The highest BCUT2D eigenvalue weighted by molar-refractivity contribution is 5.73. The second-order valence-corrected chi connectivity index (χ2v) is 5.49. The van der Waals surface area contributed by atoms with E-state index in [0.717, 1.165) is 23.6 Å². The van der Waals surface area contributed by atoms with Gasteiger partial charge in [-0.05, 0) is 30.4 Å². The van der Waals surface area contributed by atoms with Crippen molar-refractivity contribution in [2.45, 2.75) is 25.8 Å². The molecule has 0 radical (unpaired) electrons. The van der Waals surface area contributed by atoms with Crippen molar-refractivity contribution in [1.29, 1.82) is 0 Å². The Bertz CT molecular complexity index is 659. The highest BCUT2D eigenvalue weighted by atomic mass is 16.5. The average Bonchev–Trinajstić information content (AvgIpc) is 3.14. The first-order valence-electron chi connectivity index (χ1n) is 7.07. The Morgan fingerprint density at radius 2 is 2.24 bits per heavy atom. The standard InChI is InChI=1S/C16H18N2O3/c1-21-15-6-12(4-5-13(15)7-16(19)20)14-8-17-18(10-14)9-11-2-3-11/h4-6,8,10-11H,2-3,7,9H2,1H3,(H,19,20). The zero-order valence-corrected chi connectivity index (χ0v) is 12.0. The minimum Gasteiger partial charge on any atom is -0.496 e. The molecule has 1 fully saturated rings. The second kappa shape index (κ2) is 5.60. The SMILES string of the molecule is COc1cc(-c2cnn(CC3CC3)c2)ccc1CC(=O)O. The number of aromatic nitrogens is 2. The maximum atomic E-state index is 10.8. The number of aliphatic carboxylic acids is 1. The zero-order valence-electron chi connectivity index (χ0n) is 12.0. The molecule has 0 aliphatic heterocycles. The van der Waals surface area contributed by atoms with Crippen LogP contribution in [-0.4, -0.2) is 28.0 Å². The molecule has 5 nitrogen and oxygen atoms in total. The van der Waals surface area contributed by atoms with Gasteiger partial charge in [-0.2, -0.15) is 5.10 Å². The summed E-state index contributed by atoms with van der Waals surface area (Å²) in [7, 11) is 1.56. The summed E-state index contributed by atoms with van der Waals surface area (Å²) in [5.74, 6) is 0.522. The monoisotopic (exact) mass is 286 g/mol. The second-order valence-electron chi connectivity index (χ2n) is 5.49. The lowest BCUT2D eigenvalue weighted by Crippen LogP contribution is -2.02. The Morgan fingerprint density at radius 3 is 2.90 bits per heavy atom. The summed E-state index contributed by atoms with van der Waals surface area (Å²) in [5.41, 5.74) is 2.69. The number of methoxy groups -OCH3 is 1. The maximum Gasteiger partial charge on any atom is 0.307 e. The number of benzene rings is 1. The fourth-order valence-electron chi connectivity index (χ4n) is 2.41. The fourth-order valence-corrected chi connectivity index (χ4v) is 2.41. The van der Waals surface area contributed by atoms with Crippen molar-refractivity contribution >= 4 is 5.97 Å². The lowest BCUT2D eigenvalue weighted by atomic mass is 10.0. The summed E-state index contributed by atoms with van der Waals surface area (Å²) in [6.45, 7) is 0.980. The quantitative estimate of drug-likeness (QED) is 0.886. The van der Waals surface area contributed by atoms with Gasteiger partial charge in [-0.25, -0.2) is 0 Å². The van der Waals surface area contributed by atoms with Crippen LogP contribution >= 0.6 is 0 Å². The molecule has 1 aliphatic rings. The summed E-state index contributed by atoms with van der Waals surface area (Å²) >= 11 is 0. The third-order valence-corrected chi connectivity index (χ3v) is 3.74. The van der Waals surface area contributed by atoms with Crippen molar-refractivity contribution in [2.75, 3.05) is 7.11 Å². The van der Waals surface area contributed by atoms with Gasteiger partial charge in [0.2, 0.25) is 0 Å². The normalized spacial score (nSPS) is 14.1. The van der Waals surface area contributed by atoms with E-state index in [2.05, 4.69) is 5.10 Å². The molecule has 5 heteroatoms. The van der Waals surface area contributed by atoms with E-state index in [4.69, 9.17) is 9.84 Å². The van der Waals surface area contributed by atoms with Crippen molar-refractivity contribution in [3.8, 4) is 16.9 Å². The molecule has 1 N–H and O–H groups in total. The Kier molecular flexibility index (Phi) is 3.64. The molecule has 110 valence electrons. The van der Waals surface area contributed by atoms with Crippen LogP contribution in [0.1, 0.15) is 18.4 Å². The molecule has 1 aromatic heterocycles. The average molecular weight is 286 g/mol. The van der Waals surface area contributed by atoms with Gasteiger partial charge in [0.15, 0.2) is 0 Å². The topological polar surface area (TPSA) is 64.4 Å². The van der Waals surface area contributed by atoms with Gasteiger partial charge in [0.1, 0.15) is 5.75 Å². The first-order chi connectivity index (χ1) is 10.2. The molecule has 0 saturated heterocycles. The van der Waals surface area contributed by atoms with E-state index >= 15 is 0 Å². The van der Waals surface area contributed by atoms with Crippen LogP contribution in [0.25, 0.3) is 11.1 Å². The van der Waals surface area contributed by atoms with E-state index in [-0.39, 0.29) is 6.42 Å². The molecule has 0 bridgehead atoms. The summed E-state index contributed by atoms with van der Waals surface area (Å²) in [4.78, 5) is 10.8. The first kappa shape index (κ1) is 13.7. The summed E-state index contributed by atoms with van der Waals surface area (Å²) < 4.78 is 7.28. The van der Waals surface area contributed by atoms with Gasteiger partial charge in [-0.15, -0.1) is 0 Å². The largest absolute Gasteiger partial charge is 0.496 e. The van der Waals surface area contributed by atoms with Crippen LogP contribution in [0.3, 0.4) is 0 Å². The van der Waals surface area contributed by atoms with Crippen LogP contribution in [0.4, 0.5) is 0 Å². The summed E-state index contributed by atoms with van der Waals surface area (Å²) in [6, 6.07) is 5.59. The van der Waals surface area contributed by atoms with Crippen LogP contribution in [-0.2, 0) is 17.8 Å². The molecule has 0 amide bonds. The molecule has 0 unspecified atom stereocenters. The number of hydrogen-bond donors (Lipinski definition) is 1. The zero-order chi connectivity index (χ0) is 14.8. The van der Waals surface area contributed by atoms with Crippen molar-refractivity contribution < 1.29 is 14.6 Å². The summed E-state index contributed by atoms with van der Waals surface area (Å²) in [5, 5.41) is 13.3. The smallest absolute Gasteiger partial charge is 0.307 e. The van der Waals surface area contributed by atoms with Gasteiger partial charge in [0, 0.05) is 23.9 Å². The van der Waals surface area contributed by atoms with Crippen molar-refractivity contribution in [2.24, 2.45) is 5.92 Å². The number of rotatable bonds is 6. The Morgan fingerprint density at radius 1 is 1.43 bits per heavy atom. The number of carboxylic acid groups (broad SMARTS) is 1. The lowest BCUT2D eigenvalue weighted by molar-refractivity contribution is -0.136. The van der Waals surface area contributed by atoms with Crippen LogP contribution < -0.4 is 4.74 Å². The van der Waals surface area contributed by atoms with E-state index < -0.39 is 5.97 Å². The van der Waals surface area contributed by atoms with E-state index in [9.17, 15) is 4.79 Å². The first-order valence-corrected chi connectivity index (χ1v) is 7.07. The Balaban J connectivity index is 1.83. The molecular weight excluding hydrogens is 268 g/mol. The molecule has 1 saturated carbocycles. The highest BCUT2D eigenvalue weighted by Gasteiger charge is 2.22.